The lowest BCUT2D eigenvalue weighted by atomic mass is 9.64. The van der Waals surface area contributed by atoms with Gasteiger partial charge in [0.1, 0.15) is 0 Å². The number of nitrogens with two attached hydrogens (primary N) is 2. The van der Waals surface area contributed by atoms with Gasteiger partial charge in [0.25, 0.3) is 0 Å². The second kappa shape index (κ2) is 4.60. The molecule has 0 aromatic carbocycles. The third-order valence-electron chi connectivity index (χ3n) is 5.41. The molecule has 0 radical (unpaired) electrons. The van der Waals surface area contributed by atoms with Gasteiger partial charge in [-0.15, -0.1) is 0 Å². The highest BCUT2D eigenvalue weighted by Crippen LogP contribution is 2.54. The van der Waals surface area contributed by atoms with Crippen LogP contribution in [0.5, 0.6) is 0 Å². The van der Waals surface area contributed by atoms with Gasteiger partial charge in [0.15, 0.2) is 0 Å². The SMILES string of the molecule is CC(C)(C)C(N)C1C2C=CC(C2)C1C(N)C(C)(C)C. The van der Waals surface area contributed by atoms with Gasteiger partial charge >= 0.3 is 0 Å². The number of hydrogen-bond donors (Lipinski definition) is 2. The van der Waals surface area contributed by atoms with Crippen molar-refractivity contribution < 1.29 is 0 Å². The minimum Gasteiger partial charge on any atom is -0.327 e. The summed E-state index contributed by atoms with van der Waals surface area (Å²) in [7, 11) is 0. The third kappa shape index (κ3) is 2.62. The molecule has 0 spiro atoms. The van der Waals surface area contributed by atoms with Crippen LogP contribution in [-0.4, -0.2) is 12.1 Å². The Kier molecular flexibility index (Phi) is 3.64. The van der Waals surface area contributed by atoms with Gasteiger partial charge in [0.2, 0.25) is 0 Å². The number of fused-ring (bicyclic) bond motifs is 2. The predicted molar refractivity (Wildman–Crippen MR) is 82.6 cm³/mol. The van der Waals surface area contributed by atoms with Crippen molar-refractivity contribution in [3.63, 3.8) is 0 Å². The largest absolute Gasteiger partial charge is 0.327 e. The fraction of sp³-hybridized carbons (Fsp3) is 0.882. The molecule has 2 aliphatic carbocycles. The van der Waals surface area contributed by atoms with Crippen LogP contribution in [0.25, 0.3) is 0 Å². The molecule has 0 heterocycles. The first-order valence-corrected chi connectivity index (χ1v) is 7.73. The first-order valence-electron chi connectivity index (χ1n) is 7.73. The maximum Gasteiger partial charge on any atom is 0.0125 e. The summed E-state index contributed by atoms with van der Waals surface area (Å²) < 4.78 is 0. The normalized spacial score (nSPS) is 37.7. The Hall–Kier alpha value is -0.340. The molecule has 2 nitrogen and oxygen atoms in total. The molecule has 0 saturated heterocycles. The standard InChI is InChI=1S/C17H32N2/c1-16(2,3)14(18)12-10-7-8-11(9-10)13(12)15(19)17(4,5)6/h7-8,10-15H,9,18-19H2,1-6H3. The average molecular weight is 264 g/mol. The van der Waals surface area contributed by atoms with E-state index in [2.05, 4.69) is 53.7 Å². The maximum absolute atomic E-state index is 6.62. The quantitative estimate of drug-likeness (QED) is 0.753. The maximum atomic E-state index is 6.62. The molecule has 4 N–H and O–H groups in total. The van der Waals surface area contributed by atoms with Gasteiger partial charge in [-0.25, -0.2) is 0 Å². The van der Waals surface area contributed by atoms with Crippen LogP contribution in [0.15, 0.2) is 12.2 Å². The lowest BCUT2D eigenvalue weighted by Gasteiger charge is -2.45. The molecule has 2 aliphatic rings. The zero-order chi connectivity index (χ0) is 14.6. The van der Waals surface area contributed by atoms with Crippen molar-refractivity contribution in [1.29, 1.82) is 0 Å². The molecule has 6 unspecified atom stereocenters. The molecular formula is C17H32N2. The number of rotatable bonds is 2. The van der Waals surface area contributed by atoms with Crippen LogP contribution in [0.2, 0.25) is 0 Å². The van der Waals surface area contributed by atoms with E-state index >= 15 is 0 Å². The molecule has 19 heavy (non-hydrogen) atoms. The fourth-order valence-electron chi connectivity index (χ4n) is 4.06. The smallest absolute Gasteiger partial charge is 0.0125 e. The van der Waals surface area contributed by atoms with Crippen LogP contribution in [0.1, 0.15) is 48.0 Å². The van der Waals surface area contributed by atoms with Gasteiger partial charge in [0, 0.05) is 12.1 Å². The number of allylic oxidation sites excluding steroid dienone is 2. The van der Waals surface area contributed by atoms with E-state index in [0.717, 1.165) is 0 Å². The van der Waals surface area contributed by atoms with Crippen molar-refractivity contribution in [1.82, 2.24) is 0 Å². The Bertz CT molecular complexity index is 324. The summed E-state index contributed by atoms with van der Waals surface area (Å²) in [5.41, 5.74) is 13.6. The summed E-state index contributed by atoms with van der Waals surface area (Å²) in [4.78, 5) is 0. The van der Waals surface area contributed by atoms with Crippen molar-refractivity contribution in [3.8, 4) is 0 Å². The Labute approximate surface area is 119 Å². The van der Waals surface area contributed by atoms with Crippen LogP contribution in [0.4, 0.5) is 0 Å². The van der Waals surface area contributed by atoms with E-state index in [1.54, 1.807) is 0 Å². The van der Waals surface area contributed by atoms with Crippen molar-refractivity contribution >= 4 is 0 Å². The van der Waals surface area contributed by atoms with Gasteiger partial charge in [-0.1, -0.05) is 53.7 Å². The Morgan fingerprint density at radius 2 is 1.11 bits per heavy atom. The first kappa shape index (κ1) is 15.1. The highest BCUT2D eigenvalue weighted by atomic mass is 14.8. The Balaban J connectivity index is 2.28. The monoisotopic (exact) mass is 264 g/mol. The summed E-state index contributed by atoms with van der Waals surface area (Å²) in [5, 5.41) is 0. The highest BCUT2D eigenvalue weighted by Gasteiger charge is 2.52. The van der Waals surface area contributed by atoms with Crippen molar-refractivity contribution in [2.75, 3.05) is 0 Å². The van der Waals surface area contributed by atoms with E-state index in [-0.39, 0.29) is 22.9 Å². The molecule has 0 amide bonds. The van der Waals surface area contributed by atoms with Crippen LogP contribution in [0, 0.1) is 34.5 Å². The van der Waals surface area contributed by atoms with Gasteiger partial charge in [-0.3, -0.25) is 0 Å². The van der Waals surface area contributed by atoms with Crippen LogP contribution >= 0.6 is 0 Å². The Morgan fingerprint density at radius 3 is 1.37 bits per heavy atom. The zero-order valence-electron chi connectivity index (χ0n) is 13.5. The zero-order valence-corrected chi connectivity index (χ0v) is 13.5. The van der Waals surface area contributed by atoms with Crippen molar-refractivity contribution in [3.05, 3.63) is 12.2 Å². The average Bonchev–Trinajstić information content (AvgIpc) is 2.83. The second-order valence-electron chi connectivity index (χ2n) is 8.89. The molecule has 110 valence electrons. The van der Waals surface area contributed by atoms with Gasteiger partial charge in [-0.05, 0) is 40.9 Å². The predicted octanol–water partition coefficient (Wildman–Crippen LogP) is 3.17. The first-order chi connectivity index (χ1) is 8.53. The van der Waals surface area contributed by atoms with Crippen LogP contribution < -0.4 is 11.5 Å². The summed E-state index contributed by atoms with van der Waals surface area (Å²) in [6, 6.07) is 0.455. The fourth-order valence-corrected chi connectivity index (χ4v) is 4.06. The lowest BCUT2D eigenvalue weighted by molar-refractivity contribution is 0.109. The van der Waals surface area contributed by atoms with E-state index in [1.165, 1.54) is 6.42 Å². The molecule has 0 aliphatic heterocycles. The van der Waals surface area contributed by atoms with Gasteiger partial charge < -0.3 is 11.5 Å². The van der Waals surface area contributed by atoms with Crippen LogP contribution in [-0.2, 0) is 0 Å². The molecule has 2 rings (SSSR count). The molecule has 1 saturated carbocycles. The van der Waals surface area contributed by atoms with E-state index < -0.39 is 0 Å². The molecule has 1 fully saturated rings. The Morgan fingerprint density at radius 1 is 0.789 bits per heavy atom. The summed E-state index contributed by atoms with van der Waals surface area (Å²) in [5.74, 6) is 2.39. The van der Waals surface area contributed by atoms with Crippen LogP contribution in [0.3, 0.4) is 0 Å². The summed E-state index contributed by atoms with van der Waals surface area (Å²) in [6.07, 6.45) is 6.06. The molecule has 2 bridgehead atoms. The van der Waals surface area contributed by atoms with E-state index in [4.69, 9.17) is 11.5 Å². The third-order valence-corrected chi connectivity index (χ3v) is 5.41. The van der Waals surface area contributed by atoms with Crippen molar-refractivity contribution in [2.45, 2.75) is 60.0 Å². The van der Waals surface area contributed by atoms with E-state index in [0.29, 0.717) is 23.7 Å². The number of hydrogen-bond acceptors (Lipinski definition) is 2. The highest BCUT2D eigenvalue weighted by molar-refractivity contribution is 5.18. The minimum absolute atomic E-state index is 0.152. The second-order valence-corrected chi connectivity index (χ2v) is 8.89. The summed E-state index contributed by atoms with van der Waals surface area (Å²) >= 11 is 0. The van der Waals surface area contributed by atoms with Gasteiger partial charge in [0.05, 0.1) is 0 Å². The molecule has 0 aromatic rings. The molecule has 2 heteroatoms. The van der Waals surface area contributed by atoms with E-state index in [1.807, 2.05) is 0 Å². The summed E-state index contributed by atoms with van der Waals surface area (Å²) in [6.45, 7) is 13.5. The molecule has 6 atom stereocenters. The van der Waals surface area contributed by atoms with Gasteiger partial charge in [-0.2, -0.15) is 0 Å². The molecular weight excluding hydrogens is 232 g/mol. The topological polar surface area (TPSA) is 52.0 Å². The molecule has 0 aromatic heterocycles. The van der Waals surface area contributed by atoms with Crippen molar-refractivity contribution in [2.24, 2.45) is 46.0 Å². The minimum atomic E-state index is 0.152. The lowest BCUT2D eigenvalue weighted by Crippen LogP contribution is -2.53. The van der Waals surface area contributed by atoms with E-state index in [9.17, 15) is 0 Å².